The monoisotopic (exact) mass is 610 g/mol. The molecule has 0 radical (unpaired) electrons. The first kappa shape index (κ1) is 42.3. The van der Waals surface area contributed by atoms with Crippen molar-refractivity contribution >= 4 is 35.8 Å². The number of carbonyl (C=O) groups excluding carboxylic acids is 6. The Bertz CT molecular complexity index is 766. The van der Waals surface area contributed by atoms with Gasteiger partial charge in [-0.1, -0.05) is 131 Å². The van der Waals surface area contributed by atoms with E-state index in [2.05, 4.69) is 41.9 Å². The second-order valence-electron chi connectivity index (χ2n) is 10.6. The highest BCUT2D eigenvalue weighted by atomic mass is 16.6. The maximum absolute atomic E-state index is 10.9. The van der Waals surface area contributed by atoms with Gasteiger partial charge in [-0.15, -0.1) is 0 Å². The van der Waals surface area contributed by atoms with E-state index in [1.54, 1.807) is 0 Å². The van der Waals surface area contributed by atoms with Gasteiger partial charge in [-0.05, 0) is 12.8 Å². The van der Waals surface area contributed by atoms with Crippen LogP contribution >= 0.6 is 0 Å². The van der Waals surface area contributed by atoms with Crippen LogP contribution in [0.1, 0.15) is 157 Å². The first-order chi connectivity index (χ1) is 20.7. The maximum Gasteiger partial charge on any atom is 0.338 e. The summed E-state index contributed by atoms with van der Waals surface area (Å²) in [5.41, 5.74) is 0. The number of carbonyl (C=O) groups is 6. The molecule has 0 saturated carbocycles. The van der Waals surface area contributed by atoms with E-state index in [0.717, 1.165) is 63.5 Å². The van der Waals surface area contributed by atoms with Crippen LogP contribution in [0.3, 0.4) is 0 Å². The predicted octanol–water partition coefficient (Wildman–Crippen LogP) is 8.11. The predicted molar refractivity (Wildman–Crippen MR) is 167 cm³/mol. The van der Waals surface area contributed by atoms with Gasteiger partial charge >= 0.3 is 35.8 Å². The molecule has 0 N–H and O–H groups in total. The number of esters is 6. The Kier molecular flexibility index (Phi) is 28.8. The van der Waals surface area contributed by atoms with Gasteiger partial charge in [-0.25, -0.2) is 9.59 Å². The van der Waals surface area contributed by atoms with E-state index in [-0.39, 0.29) is 35.7 Å². The van der Waals surface area contributed by atoms with Crippen LogP contribution in [-0.4, -0.2) is 35.8 Å². The van der Waals surface area contributed by atoms with Crippen LogP contribution in [0.4, 0.5) is 0 Å². The van der Waals surface area contributed by atoms with Crippen molar-refractivity contribution in [2.75, 3.05) is 0 Å². The minimum atomic E-state index is -0.579. The lowest BCUT2D eigenvalue weighted by Gasteiger charge is -2.01. The molecular formula is C34H58O9. The third kappa shape index (κ3) is 24.3. The van der Waals surface area contributed by atoms with E-state index in [4.69, 9.17) is 0 Å². The topological polar surface area (TPSA) is 130 Å². The molecule has 248 valence electrons. The van der Waals surface area contributed by atoms with Gasteiger partial charge in [0.15, 0.2) is 0 Å². The molecule has 0 aliphatic carbocycles. The Hall–Kier alpha value is -2.84. The van der Waals surface area contributed by atoms with E-state index in [0.29, 0.717) is 12.8 Å². The zero-order chi connectivity index (χ0) is 32.9. The molecule has 0 aromatic heterocycles. The van der Waals surface area contributed by atoms with Gasteiger partial charge in [0, 0.05) is 12.2 Å². The fraction of sp³-hybridized carbons (Fsp3) is 0.765. The zero-order valence-corrected chi connectivity index (χ0v) is 27.7. The van der Waals surface area contributed by atoms with E-state index in [9.17, 15) is 28.8 Å². The normalized spacial score (nSPS) is 18.2. The van der Waals surface area contributed by atoms with Crippen molar-refractivity contribution in [3.05, 3.63) is 12.2 Å². The van der Waals surface area contributed by atoms with Crippen LogP contribution < -0.4 is 0 Å². The minimum absolute atomic E-state index is 0.149. The molecule has 3 rings (SSSR count). The summed E-state index contributed by atoms with van der Waals surface area (Å²) in [6.45, 7) is 12.8. The molecule has 0 amide bonds. The Morgan fingerprint density at radius 1 is 0.488 bits per heavy atom. The van der Waals surface area contributed by atoms with E-state index in [1.807, 2.05) is 13.8 Å². The lowest BCUT2D eigenvalue weighted by atomic mass is 10.0. The molecule has 9 heteroatoms. The largest absolute Gasteiger partial charge is 0.393 e. The van der Waals surface area contributed by atoms with E-state index >= 15 is 0 Å². The summed E-state index contributed by atoms with van der Waals surface area (Å²) in [4.78, 5) is 63.0. The number of hydrogen-bond acceptors (Lipinski definition) is 9. The number of cyclic esters (lactones) is 6. The molecule has 0 bridgehead atoms. The van der Waals surface area contributed by atoms with Crippen molar-refractivity contribution in [3.8, 4) is 0 Å². The van der Waals surface area contributed by atoms with Gasteiger partial charge in [0.05, 0.1) is 24.7 Å². The first-order valence-electron chi connectivity index (χ1n) is 16.6. The Balaban J connectivity index is 0. The molecule has 2 fully saturated rings. The summed E-state index contributed by atoms with van der Waals surface area (Å²) >= 11 is 0. The van der Waals surface area contributed by atoms with Crippen LogP contribution in [0.2, 0.25) is 0 Å². The van der Waals surface area contributed by atoms with Crippen LogP contribution in [0.5, 0.6) is 0 Å². The van der Waals surface area contributed by atoms with Crippen molar-refractivity contribution in [2.45, 2.75) is 157 Å². The molecule has 2 saturated heterocycles. The molecular weight excluding hydrogens is 552 g/mol. The minimum Gasteiger partial charge on any atom is -0.393 e. The molecule has 0 aromatic carbocycles. The van der Waals surface area contributed by atoms with Gasteiger partial charge in [0.1, 0.15) is 0 Å². The highest BCUT2D eigenvalue weighted by Crippen LogP contribution is 2.22. The van der Waals surface area contributed by atoms with Crippen molar-refractivity contribution in [1.82, 2.24) is 0 Å². The van der Waals surface area contributed by atoms with Crippen molar-refractivity contribution in [3.63, 3.8) is 0 Å². The van der Waals surface area contributed by atoms with E-state index < -0.39 is 11.9 Å². The third-order valence-electron chi connectivity index (χ3n) is 6.75. The van der Waals surface area contributed by atoms with Gasteiger partial charge in [-0.3, -0.25) is 19.2 Å². The van der Waals surface area contributed by atoms with Crippen LogP contribution in [0, 0.1) is 11.8 Å². The third-order valence-corrected chi connectivity index (χ3v) is 6.75. The van der Waals surface area contributed by atoms with Crippen LogP contribution in [-0.2, 0) is 43.0 Å². The second kappa shape index (κ2) is 29.2. The van der Waals surface area contributed by atoms with Crippen molar-refractivity contribution < 1.29 is 43.0 Å². The average Bonchev–Trinajstić information content (AvgIpc) is 3.64. The molecule has 3 heterocycles. The van der Waals surface area contributed by atoms with Crippen LogP contribution in [0.15, 0.2) is 12.2 Å². The van der Waals surface area contributed by atoms with Gasteiger partial charge in [0.2, 0.25) is 0 Å². The summed E-state index contributed by atoms with van der Waals surface area (Å²) < 4.78 is 12.8. The van der Waals surface area contributed by atoms with E-state index in [1.165, 1.54) is 51.4 Å². The number of ether oxygens (including phenoxy) is 3. The Morgan fingerprint density at radius 3 is 1.02 bits per heavy atom. The van der Waals surface area contributed by atoms with Crippen molar-refractivity contribution in [1.29, 1.82) is 0 Å². The zero-order valence-electron chi connectivity index (χ0n) is 27.7. The fourth-order valence-electron chi connectivity index (χ4n) is 4.28. The smallest absolute Gasteiger partial charge is 0.338 e. The molecule has 43 heavy (non-hydrogen) atoms. The molecule has 9 nitrogen and oxygen atoms in total. The maximum atomic E-state index is 10.9. The number of rotatable bonds is 15. The van der Waals surface area contributed by atoms with Gasteiger partial charge in [0.25, 0.3) is 0 Å². The van der Waals surface area contributed by atoms with Crippen molar-refractivity contribution in [2.24, 2.45) is 11.8 Å². The highest BCUT2D eigenvalue weighted by Gasteiger charge is 2.33. The lowest BCUT2D eigenvalue weighted by Crippen LogP contribution is -2.06. The number of unbranched alkanes of at least 4 members (excludes halogenated alkanes) is 11. The lowest BCUT2D eigenvalue weighted by molar-refractivity contribution is -0.155. The first-order valence-corrected chi connectivity index (χ1v) is 16.6. The van der Waals surface area contributed by atoms with Gasteiger partial charge < -0.3 is 14.2 Å². The summed E-state index contributed by atoms with van der Waals surface area (Å²) in [7, 11) is 0. The molecule has 3 aliphatic heterocycles. The summed E-state index contributed by atoms with van der Waals surface area (Å²) in [5.74, 6) is -2.82. The number of hydrogen-bond donors (Lipinski definition) is 0. The molecule has 3 aliphatic rings. The highest BCUT2D eigenvalue weighted by molar-refractivity contribution is 6.04. The molecule has 2 atom stereocenters. The summed E-state index contributed by atoms with van der Waals surface area (Å²) in [6, 6.07) is 0. The SMILES string of the molecule is CC.CCCCCC1CC(=O)OC1=O.CCCCCC1CC(=O)OC1=O.CCCCCCCCCC.O=C1C=CC(=O)O1. The van der Waals surface area contributed by atoms with Crippen LogP contribution in [0.25, 0.3) is 0 Å². The molecule has 0 spiro atoms. The Morgan fingerprint density at radius 2 is 0.791 bits per heavy atom. The average molecular weight is 611 g/mol. The fourth-order valence-corrected chi connectivity index (χ4v) is 4.28. The standard InChI is InChI=1S/C10H22.2C9H14O3.C4H2O3.C2H6/c1-3-5-7-9-10-8-6-4-2;2*1-2-3-4-5-7-6-8(10)12-9(7)11;5-3-1-2-4(6)7-3;1-2/h3-10H2,1-2H3;2*7H,2-6H2,1H3;1-2H;1-2H3. The second-order valence-corrected chi connectivity index (χ2v) is 10.6. The quantitative estimate of drug-likeness (QED) is 0.0780. The Labute approximate surface area is 259 Å². The molecule has 0 aromatic rings. The van der Waals surface area contributed by atoms with Gasteiger partial charge in [-0.2, -0.15) is 0 Å². The molecule has 2 unspecified atom stereocenters. The summed E-state index contributed by atoms with van der Waals surface area (Å²) in [5, 5.41) is 0. The summed E-state index contributed by atoms with van der Waals surface area (Å²) in [6.07, 6.45) is 22.4.